The third-order valence-electron chi connectivity index (χ3n) is 1.89. The number of carbonyl (C=O) groups is 1. The lowest BCUT2D eigenvalue weighted by atomic mass is 10.0. The van der Waals surface area contributed by atoms with Crippen molar-refractivity contribution in [2.75, 3.05) is 0 Å². The lowest BCUT2D eigenvalue weighted by Gasteiger charge is -2.15. The monoisotopic (exact) mass is 232 g/mol. The molecule has 2 atom stereocenters. The van der Waals surface area contributed by atoms with Crippen molar-refractivity contribution in [2.45, 2.75) is 18.4 Å². The van der Waals surface area contributed by atoms with Gasteiger partial charge in [-0.2, -0.15) is 0 Å². The summed E-state index contributed by atoms with van der Waals surface area (Å²) in [5.41, 5.74) is 0.476. The van der Waals surface area contributed by atoms with Gasteiger partial charge in [0.05, 0.1) is 0 Å². The van der Waals surface area contributed by atoms with Gasteiger partial charge in [0.15, 0.2) is 5.78 Å². The van der Waals surface area contributed by atoms with Crippen LogP contribution in [0.5, 0.6) is 0 Å². The number of alkyl halides is 1. The van der Waals surface area contributed by atoms with Gasteiger partial charge < -0.3 is 5.11 Å². The Morgan fingerprint density at radius 1 is 1.43 bits per heavy atom. The minimum atomic E-state index is -1.05. The first-order valence-electron chi connectivity index (χ1n) is 4.11. The average molecular weight is 233 g/mol. The van der Waals surface area contributed by atoms with Crippen molar-refractivity contribution in [1.29, 1.82) is 0 Å². The fraction of sp³-hybridized carbons (Fsp3) is 0.300. The molecule has 0 amide bonds. The van der Waals surface area contributed by atoms with Gasteiger partial charge in [-0.3, -0.25) is 4.79 Å². The fourth-order valence-electron chi connectivity index (χ4n) is 1.09. The first kappa shape index (κ1) is 11.5. The van der Waals surface area contributed by atoms with Gasteiger partial charge in [0, 0.05) is 10.6 Å². The van der Waals surface area contributed by atoms with E-state index < -0.39 is 11.5 Å². The van der Waals surface area contributed by atoms with Crippen molar-refractivity contribution in [3.8, 4) is 0 Å². The molecule has 0 saturated heterocycles. The summed E-state index contributed by atoms with van der Waals surface area (Å²) in [5.74, 6) is -0.279. The molecule has 0 unspecified atom stereocenters. The summed E-state index contributed by atoms with van der Waals surface area (Å²) in [7, 11) is 0. The number of aliphatic hydroxyl groups is 1. The summed E-state index contributed by atoms with van der Waals surface area (Å²) in [6.45, 7) is 1.33. The van der Waals surface area contributed by atoms with Crippen molar-refractivity contribution in [1.82, 2.24) is 0 Å². The molecule has 0 aliphatic heterocycles. The second-order valence-electron chi connectivity index (χ2n) is 2.98. The van der Waals surface area contributed by atoms with E-state index in [1.165, 1.54) is 6.92 Å². The summed E-state index contributed by atoms with van der Waals surface area (Å²) in [6, 6.07) is 6.76. The lowest BCUT2D eigenvalue weighted by molar-refractivity contribution is -0.118. The van der Waals surface area contributed by atoms with E-state index in [9.17, 15) is 9.90 Å². The zero-order chi connectivity index (χ0) is 10.7. The number of ketones is 1. The predicted octanol–water partition coefficient (Wildman–Crippen LogP) is 2.57. The number of benzene rings is 1. The molecule has 1 aromatic rings. The van der Waals surface area contributed by atoms with Crippen LogP contribution in [0.25, 0.3) is 0 Å². The maximum absolute atomic E-state index is 10.9. The molecule has 0 aliphatic carbocycles. The minimum Gasteiger partial charge on any atom is -0.386 e. The molecule has 0 spiro atoms. The number of carbonyl (C=O) groups excluding carboxylic acids is 1. The summed E-state index contributed by atoms with van der Waals surface area (Å²) in [6.07, 6.45) is -1.05. The van der Waals surface area contributed by atoms with Crippen molar-refractivity contribution in [3.05, 3.63) is 34.9 Å². The SMILES string of the molecule is CC(=O)[C@@H](Cl)[C@@H](O)c1ccccc1Cl. The third kappa shape index (κ3) is 2.47. The number of aliphatic hydroxyl groups excluding tert-OH is 1. The van der Waals surface area contributed by atoms with Crippen LogP contribution < -0.4 is 0 Å². The Bertz CT molecular complexity index is 339. The van der Waals surface area contributed by atoms with E-state index in [0.717, 1.165) is 0 Å². The van der Waals surface area contributed by atoms with Crippen LogP contribution in [0.2, 0.25) is 5.02 Å². The molecule has 0 fully saturated rings. The molecule has 0 aromatic heterocycles. The molecule has 0 heterocycles. The van der Waals surface area contributed by atoms with E-state index in [-0.39, 0.29) is 5.78 Å². The van der Waals surface area contributed by atoms with Crippen LogP contribution in [0.3, 0.4) is 0 Å². The number of rotatable bonds is 3. The highest BCUT2D eigenvalue weighted by Gasteiger charge is 2.23. The predicted molar refractivity (Wildman–Crippen MR) is 56.7 cm³/mol. The number of hydrogen-bond acceptors (Lipinski definition) is 2. The van der Waals surface area contributed by atoms with Gasteiger partial charge in [-0.15, -0.1) is 11.6 Å². The van der Waals surface area contributed by atoms with Crippen molar-refractivity contribution in [2.24, 2.45) is 0 Å². The van der Waals surface area contributed by atoms with Gasteiger partial charge in [-0.25, -0.2) is 0 Å². The summed E-state index contributed by atoms with van der Waals surface area (Å²) < 4.78 is 0. The topological polar surface area (TPSA) is 37.3 Å². The Morgan fingerprint density at radius 2 is 2.00 bits per heavy atom. The third-order valence-corrected chi connectivity index (χ3v) is 2.78. The van der Waals surface area contributed by atoms with Crippen LogP contribution >= 0.6 is 23.2 Å². The van der Waals surface area contributed by atoms with Gasteiger partial charge >= 0.3 is 0 Å². The molecule has 1 rings (SSSR count). The van der Waals surface area contributed by atoms with Crippen molar-refractivity contribution in [3.63, 3.8) is 0 Å². The van der Waals surface area contributed by atoms with Gasteiger partial charge in [-0.05, 0) is 13.0 Å². The summed E-state index contributed by atoms with van der Waals surface area (Å²) in [4.78, 5) is 10.9. The van der Waals surface area contributed by atoms with Crippen molar-refractivity contribution < 1.29 is 9.90 Å². The fourth-order valence-corrected chi connectivity index (χ4v) is 1.48. The molecule has 1 aromatic carbocycles. The van der Waals surface area contributed by atoms with E-state index in [0.29, 0.717) is 10.6 Å². The summed E-state index contributed by atoms with van der Waals surface area (Å²) in [5, 5.41) is 9.16. The van der Waals surface area contributed by atoms with Crippen molar-refractivity contribution >= 4 is 29.0 Å². The van der Waals surface area contributed by atoms with Crippen LogP contribution in [0.4, 0.5) is 0 Å². The maximum Gasteiger partial charge on any atom is 0.150 e. The molecule has 0 bridgehead atoms. The van der Waals surface area contributed by atoms with Crippen LogP contribution in [-0.4, -0.2) is 16.3 Å². The highest BCUT2D eigenvalue weighted by atomic mass is 35.5. The standard InChI is InChI=1S/C10H10Cl2O2/c1-6(13)9(12)10(14)7-4-2-3-5-8(7)11/h2-5,9-10,14H,1H3/t9-,10+/m1/s1. The minimum absolute atomic E-state index is 0.279. The zero-order valence-corrected chi connectivity index (χ0v) is 9.09. The van der Waals surface area contributed by atoms with E-state index in [1.54, 1.807) is 24.3 Å². The number of Topliss-reactive ketones (excluding diaryl/α,β-unsaturated/α-hetero) is 1. The molecule has 4 heteroatoms. The zero-order valence-electron chi connectivity index (χ0n) is 7.58. The van der Waals surface area contributed by atoms with Gasteiger partial charge in [-0.1, -0.05) is 29.8 Å². The van der Waals surface area contributed by atoms with Gasteiger partial charge in [0.1, 0.15) is 11.5 Å². The number of hydrogen-bond donors (Lipinski definition) is 1. The molecule has 0 saturated carbocycles. The molecule has 0 aliphatic rings. The molecule has 76 valence electrons. The van der Waals surface area contributed by atoms with E-state index in [2.05, 4.69) is 0 Å². The van der Waals surface area contributed by atoms with Crippen LogP contribution in [0, 0.1) is 0 Å². The van der Waals surface area contributed by atoms with Crippen LogP contribution in [0.1, 0.15) is 18.6 Å². The van der Waals surface area contributed by atoms with E-state index >= 15 is 0 Å². The Kier molecular flexibility index (Phi) is 3.93. The van der Waals surface area contributed by atoms with Gasteiger partial charge in [0.25, 0.3) is 0 Å². The molecule has 2 nitrogen and oxygen atoms in total. The van der Waals surface area contributed by atoms with E-state index in [1.807, 2.05) is 0 Å². The molecule has 0 radical (unpaired) electrons. The number of halogens is 2. The Labute approximate surface area is 92.5 Å². The normalized spacial score (nSPS) is 14.9. The van der Waals surface area contributed by atoms with Crippen LogP contribution in [-0.2, 0) is 4.79 Å². The first-order valence-corrected chi connectivity index (χ1v) is 4.92. The molecule has 14 heavy (non-hydrogen) atoms. The Morgan fingerprint density at radius 3 is 2.50 bits per heavy atom. The van der Waals surface area contributed by atoms with Gasteiger partial charge in [0.2, 0.25) is 0 Å². The second kappa shape index (κ2) is 4.78. The van der Waals surface area contributed by atoms with E-state index in [4.69, 9.17) is 23.2 Å². The molecule has 1 N–H and O–H groups in total. The van der Waals surface area contributed by atoms with Crippen LogP contribution in [0.15, 0.2) is 24.3 Å². The highest BCUT2D eigenvalue weighted by molar-refractivity contribution is 6.33. The Balaban J connectivity index is 2.94. The first-order chi connectivity index (χ1) is 6.54. The molecular weight excluding hydrogens is 223 g/mol. The largest absolute Gasteiger partial charge is 0.386 e. The highest BCUT2D eigenvalue weighted by Crippen LogP contribution is 2.27. The molecular formula is C10H10Cl2O2. The average Bonchev–Trinajstić information content (AvgIpc) is 2.16. The summed E-state index contributed by atoms with van der Waals surface area (Å²) >= 11 is 11.6. The quantitative estimate of drug-likeness (QED) is 0.814. The maximum atomic E-state index is 10.9. The second-order valence-corrected chi connectivity index (χ2v) is 3.86. The smallest absolute Gasteiger partial charge is 0.150 e. The Hall–Kier alpha value is -0.570. The lowest BCUT2D eigenvalue weighted by Crippen LogP contribution is -2.20.